The summed E-state index contributed by atoms with van der Waals surface area (Å²) >= 11 is 1.91. The van der Waals surface area contributed by atoms with E-state index in [9.17, 15) is 0 Å². The fraction of sp³-hybridized carbons (Fsp3) is 0.160. The highest BCUT2D eigenvalue weighted by molar-refractivity contribution is 7.26. The van der Waals surface area contributed by atoms with E-state index in [4.69, 9.17) is 0 Å². The van der Waals surface area contributed by atoms with Crippen molar-refractivity contribution in [3.8, 4) is 27.9 Å². The lowest BCUT2D eigenvalue weighted by molar-refractivity contribution is 0.332. The van der Waals surface area contributed by atoms with Crippen LogP contribution in [0.2, 0.25) is 0 Å². The fourth-order valence-electron chi connectivity index (χ4n) is 18.1. The van der Waals surface area contributed by atoms with Crippen molar-refractivity contribution in [2.24, 2.45) is 0 Å². The van der Waals surface area contributed by atoms with Crippen molar-refractivity contribution in [3.63, 3.8) is 0 Å². The van der Waals surface area contributed by atoms with Gasteiger partial charge in [0.25, 0.3) is 6.71 Å². The minimum absolute atomic E-state index is 0.0620. The summed E-state index contributed by atoms with van der Waals surface area (Å²) in [5, 5.41) is 5.14. The minimum Gasteiger partial charge on any atom is -0.311 e. The van der Waals surface area contributed by atoms with Gasteiger partial charge in [-0.2, -0.15) is 0 Å². The van der Waals surface area contributed by atoms with E-state index in [2.05, 4.69) is 409 Å². The maximum atomic E-state index is 2.74. The van der Waals surface area contributed by atoms with Crippen molar-refractivity contribution < 1.29 is 0 Å². The van der Waals surface area contributed by atoms with Crippen LogP contribution in [0.5, 0.6) is 0 Å². The molecule has 19 rings (SSSR count). The fourth-order valence-corrected chi connectivity index (χ4v) is 19.3. The van der Waals surface area contributed by atoms with Crippen molar-refractivity contribution in [3.05, 3.63) is 338 Å². The third-order valence-electron chi connectivity index (χ3n) is 23.4. The summed E-state index contributed by atoms with van der Waals surface area (Å²) in [6.07, 6.45) is 2.16. The average molecular weight is 1400 g/mol. The molecule has 107 heavy (non-hydrogen) atoms. The maximum Gasteiger partial charge on any atom is 0.252 e. The van der Waals surface area contributed by atoms with Crippen LogP contribution in [0, 0.1) is 0 Å². The molecule has 0 saturated heterocycles. The van der Waals surface area contributed by atoms with Gasteiger partial charge in [-0.05, 0) is 223 Å². The molecule has 0 atom stereocenters. The van der Waals surface area contributed by atoms with Crippen LogP contribution in [-0.2, 0) is 21.7 Å². The average Bonchev–Trinajstić information content (AvgIpc) is 0.924. The smallest absolute Gasteiger partial charge is 0.252 e. The summed E-state index contributed by atoms with van der Waals surface area (Å²) in [7, 11) is 0. The maximum absolute atomic E-state index is 2.74. The first-order valence-electron chi connectivity index (χ1n) is 38.1. The molecule has 3 aliphatic rings. The molecule has 520 valence electrons. The molecular formula is C100H86BN5S. The van der Waals surface area contributed by atoms with E-state index in [1.807, 2.05) is 11.3 Å². The molecule has 0 fully saturated rings. The molecule has 7 heteroatoms. The Bertz CT molecular complexity index is 6100. The number of aromatic nitrogens is 1. The van der Waals surface area contributed by atoms with Gasteiger partial charge >= 0.3 is 0 Å². The predicted octanol–water partition coefficient (Wildman–Crippen LogP) is 26.5. The molecule has 0 bridgehead atoms. The second-order valence-electron chi connectivity index (χ2n) is 33.1. The standard InChI is InChI=1S/C100H86BN5S/c1-97(2,3)68-48-54-83(77(62-68)65-31-16-11-17-32-65)105-87-63-73(102(69-33-18-12-19-34-69)70-35-20-13-21-36-70)49-52-80(87)101-81-53-50-74(103(71-37-22-14-23-38-71)72-39-24-15-25-40-72)64-88(81)106(86-46-30-43-79-95(86)100(9,10)58-57-99(79,7)8)90-60-67(59-89(105)96(90)101)66-47-51-76-92(61-66)107-91-56-55-85-93(94(76)91)75-41-26-28-44-82(75)104(85)84-45-29-27-42-78(84)98(4,5)6/h11-56,59-64H,57-58H2,1-10H3. The molecule has 2 aromatic heterocycles. The third kappa shape index (κ3) is 10.9. The lowest BCUT2D eigenvalue weighted by Crippen LogP contribution is -2.61. The lowest BCUT2D eigenvalue weighted by atomic mass is 9.33. The number of nitrogens with zero attached hydrogens (tertiary/aromatic N) is 5. The third-order valence-corrected chi connectivity index (χ3v) is 24.5. The summed E-state index contributed by atoms with van der Waals surface area (Å²) < 4.78 is 5.07. The molecule has 2 aliphatic heterocycles. The highest BCUT2D eigenvalue weighted by atomic mass is 32.1. The lowest BCUT2D eigenvalue weighted by Gasteiger charge is -2.48. The van der Waals surface area contributed by atoms with Gasteiger partial charge in [0.15, 0.2) is 0 Å². The number of rotatable bonds is 11. The molecular weight excluding hydrogens is 1310 g/mol. The summed E-state index contributed by atoms with van der Waals surface area (Å²) in [5.41, 5.74) is 30.6. The van der Waals surface area contributed by atoms with Gasteiger partial charge in [0.05, 0.1) is 22.4 Å². The van der Waals surface area contributed by atoms with Crippen LogP contribution in [0.1, 0.15) is 104 Å². The van der Waals surface area contributed by atoms with Gasteiger partial charge in [0, 0.05) is 99.1 Å². The Hall–Kier alpha value is -11.6. The Kier molecular flexibility index (Phi) is 15.4. The van der Waals surface area contributed by atoms with E-state index in [-0.39, 0.29) is 28.4 Å². The van der Waals surface area contributed by atoms with Gasteiger partial charge in [-0.1, -0.05) is 251 Å². The molecule has 16 aromatic rings. The van der Waals surface area contributed by atoms with Crippen LogP contribution >= 0.6 is 11.3 Å². The number of thiophene rings is 1. The quantitative estimate of drug-likeness (QED) is 0.120. The molecule has 0 spiro atoms. The van der Waals surface area contributed by atoms with Gasteiger partial charge in [0.1, 0.15) is 0 Å². The van der Waals surface area contributed by atoms with Gasteiger partial charge in [0.2, 0.25) is 0 Å². The van der Waals surface area contributed by atoms with Crippen LogP contribution in [0.3, 0.4) is 0 Å². The van der Waals surface area contributed by atoms with E-state index >= 15 is 0 Å². The zero-order chi connectivity index (χ0) is 72.8. The highest BCUT2D eigenvalue weighted by Gasteiger charge is 2.47. The molecule has 1 aliphatic carbocycles. The summed E-state index contributed by atoms with van der Waals surface area (Å²) in [6.45, 7) is 23.7. The topological polar surface area (TPSA) is 17.9 Å². The normalized spacial score (nSPS) is 14.3. The van der Waals surface area contributed by atoms with Crippen LogP contribution in [-0.4, -0.2) is 11.3 Å². The summed E-state index contributed by atoms with van der Waals surface area (Å²) in [4.78, 5) is 10.3. The number of para-hydroxylation sites is 6. The molecule has 5 nitrogen and oxygen atoms in total. The molecule has 0 radical (unpaired) electrons. The Balaban J connectivity index is 0.937. The van der Waals surface area contributed by atoms with Crippen molar-refractivity contribution in [2.45, 2.75) is 104 Å². The van der Waals surface area contributed by atoms with Crippen LogP contribution < -0.4 is 36.0 Å². The SMILES string of the molecule is CC(C)(C)c1ccc(N2c3cc(N(c4ccccc4)c4ccccc4)ccc3B3c4ccc(N(c5ccccc5)c5ccccc5)cc4N(c4cccc5c4C(C)(C)CCC5(C)C)c4cc(-c5ccc6c(c5)sc5ccc7c(c8ccccc8n7-c7ccccc7C(C)(C)C)c56)cc2c43)c(-c2ccccc2)c1. The highest BCUT2D eigenvalue weighted by Crippen LogP contribution is 2.56. The van der Waals surface area contributed by atoms with Crippen molar-refractivity contribution in [1.82, 2.24) is 4.57 Å². The van der Waals surface area contributed by atoms with E-state index in [1.54, 1.807) is 0 Å². The van der Waals surface area contributed by atoms with Crippen molar-refractivity contribution in [2.75, 3.05) is 19.6 Å². The first-order valence-corrected chi connectivity index (χ1v) is 38.9. The summed E-state index contributed by atoms with van der Waals surface area (Å²) in [5.74, 6) is 0. The van der Waals surface area contributed by atoms with E-state index < -0.39 is 0 Å². The molecule has 14 aromatic carbocycles. The Labute approximate surface area is 634 Å². The molecule has 4 heterocycles. The number of hydrogen-bond acceptors (Lipinski definition) is 5. The molecule has 0 N–H and O–H groups in total. The van der Waals surface area contributed by atoms with Crippen molar-refractivity contribution >= 4 is 145 Å². The summed E-state index contributed by atoms with van der Waals surface area (Å²) in [6, 6.07) is 120. The molecule has 0 saturated carbocycles. The zero-order valence-electron chi connectivity index (χ0n) is 62.7. The number of fused-ring (bicyclic) bond motifs is 12. The van der Waals surface area contributed by atoms with Crippen molar-refractivity contribution in [1.29, 1.82) is 0 Å². The van der Waals surface area contributed by atoms with Gasteiger partial charge < -0.3 is 24.2 Å². The second-order valence-corrected chi connectivity index (χ2v) is 34.2. The molecule has 0 amide bonds. The largest absolute Gasteiger partial charge is 0.311 e. The van der Waals surface area contributed by atoms with E-state index in [1.165, 1.54) is 114 Å². The number of anilines is 12. The number of hydrogen-bond donors (Lipinski definition) is 0. The zero-order valence-corrected chi connectivity index (χ0v) is 63.5. The predicted molar refractivity (Wildman–Crippen MR) is 461 cm³/mol. The Morgan fingerprint density at radius 1 is 0.346 bits per heavy atom. The van der Waals surface area contributed by atoms with E-state index in [0.717, 1.165) is 75.2 Å². The van der Waals surface area contributed by atoms with Crippen LogP contribution in [0.4, 0.5) is 68.2 Å². The van der Waals surface area contributed by atoms with Gasteiger partial charge in [-0.15, -0.1) is 11.3 Å². The first-order chi connectivity index (χ1) is 51.9. The van der Waals surface area contributed by atoms with Crippen LogP contribution in [0.15, 0.2) is 315 Å². The monoisotopic (exact) mass is 1400 g/mol. The van der Waals surface area contributed by atoms with Gasteiger partial charge in [-0.25, -0.2) is 0 Å². The second kappa shape index (κ2) is 25.0. The molecule has 0 unspecified atom stereocenters. The van der Waals surface area contributed by atoms with E-state index in [0.29, 0.717) is 0 Å². The van der Waals surface area contributed by atoms with Crippen LogP contribution in [0.25, 0.3) is 69.9 Å². The Morgan fingerprint density at radius 2 is 0.879 bits per heavy atom. The van der Waals surface area contributed by atoms with Gasteiger partial charge in [-0.3, -0.25) is 0 Å². The minimum atomic E-state index is -0.207. The number of benzene rings is 14. The Morgan fingerprint density at radius 3 is 1.47 bits per heavy atom. The first kappa shape index (κ1) is 66.1.